The molecule has 72 valence electrons. The van der Waals surface area contributed by atoms with E-state index in [-0.39, 0.29) is 5.82 Å². The van der Waals surface area contributed by atoms with Crippen LogP contribution in [-0.4, -0.2) is 9.36 Å². The van der Waals surface area contributed by atoms with Crippen LogP contribution in [0.25, 0.3) is 0 Å². The lowest BCUT2D eigenvalue weighted by Gasteiger charge is -1.95. The number of benzene rings is 1. The average Bonchev–Trinajstić information content (AvgIpc) is 2.56. The molecule has 0 unspecified atom stereocenters. The second-order valence-electron chi connectivity index (χ2n) is 2.85. The van der Waals surface area contributed by atoms with Crippen molar-refractivity contribution in [1.29, 1.82) is 0 Å². The molecule has 0 saturated heterocycles. The highest BCUT2D eigenvalue weighted by atomic mass is 32.1. The highest BCUT2D eigenvalue weighted by Gasteiger charge is 2.02. The van der Waals surface area contributed by atoms with E-state index in [9.17, 15) is 4.39 Å². The third-order valence-corrected chi connectivity index (χ3v) is 2.34. The van der Waals surface area contributed by atoms with Crippen LogP contribution < -0.4 is 5.73 Å². The molecule has 0 aliphatic rings. The Labute approximate surface area is 84.6 Å². The van der Waals surface area contributed by atoms with Crippen molar-refractivity contribution >= 4 is 16.7 Å². The summed E-state index contributed by atoms with van der Waals surface area (Å²) in [5.74, 6) is 0.443. The Bertz CT molecular complexity index is 424. The highest BCUT2D eigenvalue weighted by Crippen LogP contribution is 2.11. The van der Waals surface area contributed by atoms with Crippen LogP contribution in [0.4, 0.5) is 9.52 Å². The summed E-state index contributed by atoms with van der Waals surface area (Å²) in [5.41, 5.74) is 6.42. The quantitative estimate of drug-likeness (QED) is 0.821. The summed E-state index contributed by atoms with van der Waals surface area (Å²) in [7, 11) is 0. The molecule has 2 rings (SSSR count). The minimum absolute atomic E-state index is 0.237. The molecule has 0 aliphatic carbocycles. The van der Waals surface area contributed by atoms with Crippen LogP contribution in [0.15, 0.2) is 24.3 Å². The van der Waals surface area contributed by atoms with Crippen LogP contribution in [0.2, 0.25) is 0 Å². The van der Waals surface area contributed by atoms with Crippen molar-refractivity contribution in [2.75, 3.05) is 5.73 Å². The van der Waals surface area contributed by atoms with Gasteiger partial charge in [0.2, 0.25) is 0 Å². The van der Waals surface area contributed by atoms with Crippen molar-refractivity contribution in [3.05, 3.63) is 41.5 Å². The highest BCUT2D eigenvalue weighted by molar-refractivity contribution is 7.09. The van der Waals surface area contributed by atoms with Crippen molar-refractivity contribution < 1.29 is 4.39 Å². The summed E-state index contributed by atoms with van der Waals surface area (Å²) in [6.07, 6.45) is 0.591. The minimum atomic E-state index is -0.237. The van der Waals surface area contributed by atoms with Gasteiger partial charge in [-0.3, -0.25) is 0 Å². The molecule has 0 radical (unpaired) electrons. The first-order valence-electron chi connectivity index (χ1n) is 4.06. The summed E-state index contributed by atoms with van der Waals surface area (Å²) in [6.45, 7) is 0. The topological polar surface area (TPSA) is 51.8 Å². The first kappa shape index (κ1) is 9.08. The van der Waals surface area contributed by atoms with Gasteiger partial charge in [0.25, 0.3) is 0 Å². The largest absolute Gasteiger partial charge is 0.374 e. The second-order valence-corrected chi connectivity index (χ2v) is 3.64. The van der Waals surface area contributed by atoms with Crippen molar-refractivity contribution in [3.8, 4) is 0 Å². The Morgan fingerprint density at radius 1 is 1.29 bits per heavy atom. The molecule has 3 nitrogen and oxygen atoms in total. The first-order chi connectivity index (χ1) is 6.74. The van der Waals surface area contributed by atoms with E-state index in [1.807, 2.05) is 0 Å². The smallest absolute Gasteiger partial charge is 0.199 e. The standard InChI is InChI=1S/C9H8FN3S/c10-7-3-1-6(2-4-7)5-8-12-9(11)14-13-8/h1-4H,5H2,(H2,11,12,13). The molecule has 0 amide bonds. The van der Waals surface area contributed by atoms with Gasteiger partial charge in [-0.05, 0) is 17.7 Å². The van der Waals surface area contributed by atoms with Crippen LogP contribution in [0.1, 0.15) is 11.4 Å². The van der Waals surface area contributed by atoms with Crippen LogP contribution in [-0.2, 0) is 6.42 Å². The Balaban J connectivity index is 2.15. The molecule has 14 heavy (non-hydrogen) atoms. The lowest BCUT2D eigenvalue weighted by Crippen LogP contribution is -1.91. The average molecular weight is 209 g/mol. The Hall–Kier alpha value is -1.49. The molecule has 0 bridgehead atoms. The third-order valence-electron chi connectivity index (χ3n) is 1.76. The first-order valence-corrected chi connectivity index (χ1v) is 4.84. The fourth-order valence-electron chi connectivity index (χ4n) is 1.12. The van der Waals surface area contributed by atoms with Gasteiger partial charge in [-0.15, -0.1) is 0 Å². The zero-order chi connectivity index (χ0) is 9.97. The monoisotopic (exact) mass is 209 g/mol. The van der Waals surface area contributed by atoms with E-state index in [1.165, 1.54) is 23.7 Å². The predicted molar refractivity (Wildman–Crippen MR) is 53.5 cm³/mol. The second kappa shape index (κ2) is 3.71. The molecule has 5 heteroatoms. The number of nitrogens with zero attached hydrogens (tertiary/aromatic N) is 2. The number of aromatic nitrogens is 2. The number of nitrogen functional groups attached to an aromatic ring is 1. The summed E-state index contributed by atoms with van der Waals surface area (Å²) < 4.78 is 16.6. The van der Waals surface area contributed by atoms with Crippen molar-refractivity contribution in [2.45, 2.75) is 6.42 Å². The van der Waals surface area contributed by atoms with E-state index in [0.29, 0.717) is 17.4 Å². The van der Waals surface area contributed by atoms with E-state index < -0.39 is 0 Å². The van der Waals surface area contributed by atoms with Gasteiger partial charge in [0.15, 0.2) is 5.13 Å². The zero-order valence-electron chi connectivity index (χ0n) is 7.27. The molecular weight excluding hydrogens is 201 g/mol. The van der Waals surface area contributed by atoms with Crippen molar-refractivity contribution in [3.63, 3.8) is 0 Å². The van der Waals surface area contributed by atoms with Gasteiger partial charge in [-0.1, -0.05) is 12.1 Å². The van der Waals surface area contributed by atoms with Crippen LogP contribution >= 0.6 is 11.5 Å². The number of hydrogen-bond donors (Lipinski definition) is 1. The number of rotatable bonds is 2. The Kier molecular flexibility index (Phi) is 2.41. The van der Waals surface area contributed by atoms with Crippen LogP contribution in [0.5, 0.6) is 0 Å². The van der Waals surface area contributed by atoms with Gasteiger partial charge in [0, 0.05) is 18.0 Å². The molecule has 1 aromatic carbocycles. The van der Waals surface area contributed by atoms with Crippen molar-refractivity contribution in [2.24, 2.45) is 0 Å². The van der Waals surface area contributed by atoms with E-state index in [1.54, 1.807) is 12.1 Å². The van der Waals surface area contributed by atoms with E-state index >= 15 is 0 Å². The van der Waals surface area contributed by atoms with Gasteiger partial charge in [-0.2, -0.15) is 4.37 Å². The molecular formula is C9H8FN3S. The van der Waals surface area contributed by atoms with Crippen molar-refractivity contribution in [1.82, 2.24) is 9.36 Å². The van der Waals surface area contributed by atoms with E-state index in [0.717, 1.165) is 5.56 Å². The van der Waals surface area contributed by atoms with E-state index in [2.05, 4.69) is 9.36 Å². The Morgan fingerprint density at radius 2 is 2.00 bits per heavy atom. The summed E-state index contributed by atoms with van der Waals surface area (Å²) >= 11 is 1.17. The maximum Gasteiger partial charge on any atom is 0.199 e. The summed E-state index contributed by atoms with van der Waals surface area (Å²) in [6, 6.07) is 6.27. The SMILES string of the molecule is Nc1nc(Cc2ccc(F)cc2)ns1. The number of anilines is 1. The van der Waals surface area contributed by atoms with Crippen LogP contribution in [0, 0.1) is 5.82 Å². The number of halogens is 1. The maximum absolute atomic E-state index is 12.6. The fraction of sp³-hybridized carbons (Fsp3) is 0.111. The van der Waals surface area contributed by atoms with Gasteiger partial charge in [0.1, 0.15) is 11.6 Å². The predicted octanol–water partition coefficient (Wildman–Crippen LogP) is 1.85. The van der Waals surface area contributed by atoms with Gasteiger partial charge >= 0.3 is 0 Å². The van der Waals surface area contributed by atoms with Gasteiger partial charge < -0.3 is 5.73 Å². The molecule has 0 aliphatic heterocycles. The van der Waals surface area contributed by atoms with Gasteiger partial charge in [-0.25, -0.2) is 9.37 Å². The Morgan fingerprint density at radius 3 is 2.57 bits per heavy atom. The normalized spacial score (nSPS) is 10.4. The molecule has 0 saturated carbocycles. The molecule has 2 N–H and O–H groups in total. The van der Waals surface area contributed by atoms with E-state index in [4.69, 9.17) is 5.73 Å². The van der Waals surface area contributed by atoms with Gasteiger partial charge in [0.05, 0.1) is 0 Å². The summed E-state index contributed by atoms with van der Waals surface area (Å²) in [4.78, 5) is 4.02. The fourth-order valence-corrected chi connectivity index (χ4v) is 1.57. The summed E-state index contributed by atoms with van der Waals surface area (Å²) in [5, 5.41) is 0.460. The third kappa shape index (κ3) is 2.05. The molecule has 1 aromatic heterocycles. The lowest BCUT2D eigenvalue weighted by atomic mass is 10.1. The molecule has 1 heterocycles. The zero-order valence-corrected chi connectivity index (χ0v) is 8.09. The molecule has 0 spiro atoms. The van der Waals surface area contributed by atoms with Crippen LogP contribution in [0.3, 0.4) is 0 Å². The maximum atomic E-state index is 12.6. The minimum Gasteiger partial charge on any atom is -0.374 e. The molecule has 0 fully saturated rings. The lowest BCUT2D eigenvalue weighted by molar-refractivity contribution is 0.627. The molecule has 0 atom stereocenters. The number of nitrogens with two attached hydrogens (primary N) is 1. The number of hydrogen-bond acceptors (Lipinski definition) is 4. The molecule has 2 aromatic rings.